The minimum Gasteiger partial charge on any atom is -0.497 e. The fourth-order valence-corrected chi connectivity index (χ4v) is 6.88. The van der Waals surface area contributed by atoms with Crippen LogP contribution in [0.4, 0.5) is 0 Å². The maximum atomic E-state index is 14.2. The van der Waals surface area contributed by atoms with Gasteiger partial charge in [-0.25, -0.2) is 8.42 Å². The Morgan fingerprint density at radius 3 is 2.56 bits per heavy atom. The van der Waals surface area contributed by atoms with Crippen LogP contribution in [-0.4, -0.2) is 45.8 Å². The lowest BCUT2D eigenvalue weighted by Gasteiger charge is -2.29. The van der Waals surface area contributed by atoms with Crippen LogP contribution in [0, 0.1) is 13.8 Å². The molecule has 0 radical (unpaired) electrons. The lowest BCUT2D eigenvalue weighted by molar-refractivity contribution is -0.137. The minimum atomic E-state index is -4.04. The molecule has 7 nitrogen and oxygen atoms in total. The number of hydrogen-bond donors (Lipinski definition) is 0. The molecule has 1 aromatic heterocycles. The van der Waals surface area contributed by atoms with E-state index in [4.69, 9.17) is 14.2 Å². The van der Waals surface area contributed by atoms with E-state index in [9.17, 15) is 13.2 Å². The van der Waals surface area contributed by atoms with E-state index in [0.717, 1.165) is 16.8 Å². The van der Waals surface area contributed by atoms with Crippen molar-refractivity contribution in [2.75, 3.05) is 26.6 Å². The molecule has 4 aromatic rings. The molecule has 39 heavy (non-hydrogen) atoms. The van der Waals surface area contributed by atoms with Crippen molar-refractivity contribution in [3.63, 3.8) is 0 Å². The number of aromatic nitrogens is 1. The zero-order chi connectivity index (χ0) is 27.8. The molecule has 0 unspecified atom stereocenters. The molecular formula is C31H31NO6S. The fourth-order valence-electron chi connectivity index (χ4n) is 5.35. The van der Waals surface area contributed by atoms with Crippen LogP contribution in [0.15, 0.2) is 77.7 Å². The molecule has 3 aromatic carbocycles. The smallest absolute Gasteiger partial charge is 0.186 e. The van der Waals surface area contributed by atoms with Gasteiger partial charge in [-0.2, -0.15) is 0 Å². The maximum Gasteiger partial charge on any atom is 0.186 e. The number of pyridine rings is 1. The third-order valence-corrected chi connectivity index (χ3v) is 9.03. The van der Waals surface area contributed by atoms with Crippen LogP contribution < -0.4 is 9.47 Å². The second-order valence-corrected chi connectivity index (χ2v) is 11.9. The number of sulfone groups is 1. The van der Waals surface area contributed by atoms with Gasteiger partial charge in [0.2, 0.25) is 0 Å². The van der Waals surface area contributed by atoms with E-state index in [-0.39, 0.29) is 23.8 Å². The predicted molar refractivity (Wildman–Crippen MR) is 149 cm³/mol. The highest BCUT2D eigenvalue weighted by molar-refractivity contribution is 7.92. The topological polar surface area (TPSA) is 91.8 Å². The van der Waals surface area contributed by atoms with E-state index in [2.05, 4.69) is 4.98 Å². The minimum absolute atomic E-state index is 0.0783. The van der Waals surface area contributed by atoms with Gasteiger partial charge in [0.1, 0.15) is 17.3 Å². The first kappa shape index (κ1) is 26.8. The van der Waals surface area contributed by atoms with Gasteiger partial charge in [0.05, 0.1) is 31.2 Å². The van der Waals surface area contributed by atoms with Gasteiger partial charge < -0.3 is 14.2 Å². The molecule has 0 spiro atoms. The summed E-state index contributed by atoms with van der Waals surface area (Å²) in [4.78, 5) is 18.8. The normalized spacial score (nSPS) is 19.2. The third kappa shape index (κ3) is 5.02. The second kappa shape index (κ2) is 10.4. The first-order valence-electron chi connectivity index (χ1n) is 12.7. The third-order valence-electron chi connectivity index (χ3n) is 7.36. The Morgan fingerprint density at radius 1 is 1.00 bits per heavy atom. The number of ether oxygens (including phenoxy) is 3. The Morgan fingerprint density at radius 2 is 1.79 bits per heavy atom. The van der Waals surface area contributed by atoms with Crippen LogP contribution in [0.2, 0.25) is 0 Å². The molecule has 0 amide bonds. The SMILES string of the molecule is COc1cccc([C@@H]2CO[C@@](C(=O)CS(=O)(=O)c3cccc4nc(C)ccc34)(c3cc(C)ccc3OC)C2)c1. The van der Waals surface area contributed by atoms with E-state index in [1.807, 2.05) is 50.2 Å². The Kier molecular flexibility index (Phi) is 7.18. The van der Waals surface area contributed by atoms with E-state index >= 15 is 0 Å². The zero-order valence-electron chi connectivity index (χ0n) is 22.4. The molecule has 5 rings (SSSR count). The lowest BCUT2D eigenvalue weighted by atomic mass is 9.81. The monoisotopic (exact) mass is 545 g/mol. The standard InChI is InChI=1S/C31H31NO6S/c1-20-11-14-28(37-4)26(15-20)31(17-23(18-38-31)22-7-5-8-24(16-22)36-3)30(33)19-39(34,35)29-10-6-9-27-25(29)13-12-21(2)32-27/h5-16,23H,17-19H2,1-4H3/t23-,31+/m0/s1. The van der Waals surface area contributed by atoms with Crippen LogP contribution in [0.3, 0.4) is 0 Å². The van der Waals surface area contributed by atoms with Crippen LogP contribution in [0.5, 0.6) is 11.5 Å². The molecule has 0 N–H and O–H groups in total. The van der Waals surface area contributed by atoms with Crippen LogP contribution in [-0.2, 0) is 25.0 Å². The summed E-state index contributed by atoms with van der Waals surface area (Å²) in [6.45, 7) is 4.00. The molecule has 0 aliphatic carbocycles. The van der Waals surface area contributed by atoms with Crippen molar-refractivity contribution < 1.29 is 27.4 Å². The number of aryl methyl sites for hydroxylation is 2. The molecular weight excluding hydrogens is 514 g/mol. The second-order valence-electron chi connectivity index (χ2n) is 9.98. The highest BCUT2D eigenvalue weighted by Crippen LogP contribution is 2.48. The van der Waals surface area contributed by atoms with Crippen molar-refractivity contribution in [2.45, 2.75) is 36.7 Å². The fraction of sp³-hybridized carbons (Fsp3) is 0.290. The van der Waals surface area contributed by atoms with Gasteiger partial charge in [-0.3, -0.25) is 9.78 Å². The number of Topliss-reactive ketones (excluding diaryl/α,β-unsaturated/α-hetero) is 1. The summed E-state index contributed by atoms with van der Waals surface area (Å²) in [5.74, 6) is -0.230. The molecule has 2 atom stereocenters. The van der Waals surface area contributed by atoms with Crippen LogP contribution >= 0.6 is 0 Å². The maximum absolute atomic E-state index is 14.2. The quantitative estimate of drug-likeness (QED) is 0.296. The van der Waals surface area contributed by atoms with Gasteiger partial charge in [0.25, 0.3) is 0 Å². The molecule has 2 heterocycles. The summed E-state index contributed by atoms with van der Waals surface area (Å²) in [5.41, 5.74) is 2.23. The van der Waals surface area contributed by atoms with Crippen molar-refractivity contribution in [3.8, 4) is 11.5 Å². The summed E-state index contributed by atoms with van der Waals surface area (Å²) in [5, 5.41) is 0.486. The summed E-state index contributed by atoms with van der Waals surface area (Å²) < 4.78 is 45.0. The summed E-state index contributed by atoms with van der Waals surface area (Å²) in [6.07, 6.45) is 0.268. The van der Waals surface area contributed by atoms with E-state index in [1.54, 1.807) is 37.4 Å². The van der Waals surface area contributed by atoms with E-state index < -0.39 is 27.0 Å². The van der Waals surface area contributed by atoms with Gasteiger partial charge in [-0.05, 0) is 74.4 Å². The highest BCUT2D eigenvalue weighted by Gasteiger charge is 2.51. The Bertz CT molecular complexity index is 1670. The average Bonchev–Trinajstić information content (AvgIpc) is 3.39. The molecule has 0 bridgehead atoms. The number of carbonyl (C=O) groups excluding carboxylic acids is 1. The lowest BCUT2D eigenvalue weighted by Crippen LogP contribution is -2.40. The summed E-state index contributed by atoms with van der Waals surface area (Å²) in [6, 6.07) is 21.6. The molecule has 1 saturated heterocycles. The number of fused-ring (bicyclic) bond motifs is 1. The summed E-state index contributed by atoms with van der Waals surface area (Å²) >= 11 is 0. The molecule has 1 aliphatic heterocycles. The van der Waals surface area contributed by atoms with E-state index in [1.165, 1.54) is 13.2 Å². The average molecular weight is 546 g/mol. The predicted octanol–water partition coefficient (Wildman–Crippen LogP) is 5.31. The number of benzene rings is 3. The van der Waals surface area contributed by atoms with Gasteiger partial charge in [-0.1, -0.05) is 29.8 Å². The van der Waals surface area contributed by atoms with Crippen LogP contribution in [0.25, 0.3) is 10.9 Å². The summed E-state index contributed by atoms with van der Waals surface area (Å²) in [7, 11) is -0.903. The Hall–Kier alpha value is -3.75. The van der Waals surface area contributed by atoms with Gasteiger partial charge in [0, 0.05) is 22.6 Å². The molecule has 8 heteroatoms. The number of hydrogen-bond acceptors (Lipinski definition) is 7. The van der Waals surface area contributed by atoms with Gasteiger partial charge in [0.15, 0.2) is 21.2 Å². The van der Waals surface area contributed by atoms with Gasteiger partial charge in [-0.15, -0.1) is 0 Å². The Labute approximate surface area is 228 Å². The van der Waals surface area contributed by atoms with Crippen molar-refractivity contribution in [2.24, 2.45) is 0 Å². The van der Waals surface area contributed by atoms with Crippen molar-refractivity contribution in [1.82, 2.24) is 4.98 Å². The molecule has 202 valence electrons. The number of rotatable bonds is 8. The van der Waals surface area contributed by atoms with Crippen LogP contribution in [0.1, 0.15) is 34.7 Å². The first-order chi connectivity index (χ1) is 18.7. The van der Waals surface area contributed by atoms with E-state index in [0.29, 0.717) is 28.0 Å². The zero-order valence-corrected chi connectivity index (χ0v) is 23.2. The van der Waals surface area contributed by atoms with Crippen molar-refractivity contribution in [1.29, 1.82) is 0 Å². The number of ketones is 1. The molecule has 1 aliphatic rings. The largest absolute Gasteiger partial charge is 0.497 e. The number of nitrogens with zero attached hydrogens (tertiary/aromatic N) is 1. The van der Waals surface area contributed by atoms with Crippen molar-refractivity contribution >= 4 is 26.5 Å². The van der Waals surface area contributed by atoms with Gasteiger partial charge >= 0.3 is 0 Å². The number of methoxy groups -OCH3 is 2. The molecule has 0 saturated carbocycles. The van der Waals surface area contributed by atoms with Crippen molar-refractivity contribution in [3.05, 3.63) is 95.2 Å². The first-order valence-corrected chi connectivity index (χ1v) is 14.4. The number of carbonyl (C=O) groups is 1. The highest BCUT2D eigenvalue weighted by atomic mass is 32.2. The molecule has 1 fully saturated rings. The Balaban J connectivity index is 1.58.